The summed E-state index contributed by atoms with van der Waals surface area (Å²) in [5.41, 5.74) is 0.882. The fourth-order valence-electron chi connectivity index (χ4n) is 2.31. The first-order chi connectivity index (χ1) is 11.8. The van der Waals surface area contributed by atoms with Crippen molar-refractivity contribution in [2.24, 2.45) is 0 Å². The number of fused-ring (bicyclic) bond motifs is 1. The van der Waals surface area contributed by atoms with Crippen LogP contribution in [0.2, 0.25) is 0 Å². The van der Waals surface area contributed by atoms with Gasteiger partial charge in [0.15, 0.2) is 0 Å². The van der Waals surface area contributed by atoms with Crippen LogP contribution in [0, 0.1) is 0 Å². The quantitative estimate of drug-likeness (QED) is 0.707. The van der Waals surface area contributed by atoms with E-state index in [0.717, 1.165) is 5.39 Å². The topological polar surface area (TPSA) is 105 Å². The smallest absolute Gasteiger partial charge is 0.261 e. The molecule has 0 spiro atoms. The van der Waals surface area contributed by atoms with Crippen LogP contribution in [0.4, 0.5) is 5.69 Å². The largest absolute Gasteiger partial charge is 0.277 e. The molecule has 0 aliphatic heterocycles. The van der Waals surface area contributed by atoms with Crippen molar-refractivity contribution in [2.45, 2.75) is 9.79 Å². The summed E-state index contributed by atoms with van der Waals surface area (Å²) in [5, 5.41) is 0.804. The van der Waals surface area contributed by atoms with Crippen molar-refractivity contribution in [2.75, 3.05) is 11.8 Å². The van der Waals surface area contributed by atoms with Gasteiger partial charge in [0.1, 0.15) is 0 Å². The van der Waals surface area contributed by atoms with Crippen LogP contribution in [-0.2, 0) is 20.0 Å². The number of sulfonamides is 2. The van der Waals surface area contributed by atoms with Crippen molar-refractivity contribution < 1.29 is 16.8 Å². The van der Waals surface area contributed by atoms with E-state index in [9.17, 15) is 16.8 Å². The Balaban J connectivity index is 1.97. The number of benzene rings is 2. The molecule has 0 aliphatic rings. The molecule has 0 unspecified atom stereocenters. The minimum Gasteiger partial charge on any atom is -0.277 e. The third-order valence-corrected chi connectivity index (χ3v) is 6.40. The number of pyridine rings is 1. The van der Waals surface area contributed by atoms with Crippen molar-refractivity contribution in [3.63, 3.8) is 0 Å². The molecule has 0 radical (unpaired) electrons. The van der Waals surface area contributed by atoms with Crippen molar-refractivity contribution in [3.8, 4) is 0 Å². The number of rotatable bonds is 5. The van der Waals surface area contributed by atoms with Gasteiger partial charge in [-0.15, -0.1) is 0 Å². The van der Waals surface area contributed by atoms with Crippen molar-refractivity contribution in [1.82, 2.24) is 9.71 Å². The van der Waals surface area contributed by atoms with Gasteiger partial charge in [-0.1, -0.05) is 18.2 Å². The van der Waals surface area contributed by atoms with Gasteiger partial charge in [0.2, 0.25) is 10.0 Å². The highest BCUT2D eigenvalue weighted by molar-refractivity contribution is 7.92. The Morgan fingerprint density at radius 3 is 2.04 bits per heavy atom. The summed E-state index contributed by atoms with van der Waals surface area (Å²) < 4.78 is 53.2. The lowest BCUT2D eigenvalue weighted by Crippen LogP contribution is -2.19. The van der Waals surface area contributed by atoms with Gasteiger partial charge in [0, 0.05) is 11.6 Å². The zero-order chi connectivity index (χ0) is 18.1. The molecule has 9 heteroatoms. The molecule has 7 nitrogen and oxygen atoms in total. The van der Waals surface area contributed by atoms with Crippen LogP contribution in [0.5, 0.6) is 0 Å². The second-order valence-corrected chi connectivity index (χ2v) is 8.73. The Kier molecular flexibility index (Phi) is 4.46. The number of anilines is 1. The van der Waals surface area contributed by atoms with Gasteiger partial charge in [0.05, 0.1) is 21.0 Å². The van der Waals surface area contributed by atoms with Crippen LogP contribution in [0.1, 0.15) is 0 Å². The lowest BCUT2D eigenvalue weighted by Gasteiger charge is -2.10. The molecule has 3 aromatic rings. The molecule has 0 fully saturated rings. The molecular formula is C16H15N3O4S2. The molecular weight excluding hydrogens is 362 g/mol. The van der Waals surface area contributed by atoms with E-state index in [-0.39, 0.29) is 9.79 Å². The molecule has 2 aromatic carbocycles. The predicted octanol–water partition coefficient (Wildman–Crippen LogP) is 1.94. The Morgan fingerprint density at radius 1 is 0.800 bits per heavy atom. The molecule has 130 valence electrons. The van der Waals surface area contributed by atoms with Crippen LogP contribution in [-0.4, -0.2) is 28.9 Å². The molecule has 25 heavy (non-hydrogen) atoms. The zero-order valence-electron chi connectivity index (χ0n) is 13.2. The average molecular weight is 377 g/mol. The number of nitrogens with one attached hydrogen (secondary N) is 2. The van der Waals surface area contributed by atoms with E-state index in [0.29, 0.717) is 11.2 Å². The predicted molar refractivity (Wildman–Crippen MR) is 95.2 cm³/mol. The third-order valence-electron chi connectivity index (χ3n) is 3.59. The molecule has 0 saturated carbocycles. The maximum atomic E-state index is 12.6. The standard InChI is InChI=1S/C16H15N3O4S2/c1-17-24(20,21)13-7-9-14(10-8-13)25(22,23)19-15-6-2-4-12-5-3-11-18-16(12)15/h2-11,17,19H,1H3. The molecule has 0 amide bonds. The van der Waals surface area contributed by atoms with Gasteiger partial charge in [0.25, 0.3) is 10.0 Å². The summed E-state index contributed by atoms with van der Waals surface area (Å²) in [4.78, 5) is 4.14. The molecule has 1 heterocycles. The first kappa shape index (κ1) is 17.3. The number of aromatic nitrogens is 1. The average Bonchev–Trinajstić information content (AvgIpc) is 2.62. The molecule has 2 N–H and O–H groups in total. The van der Waals surface area contributed by atoms with Crippen LogP contribution in [0.15, 0.2) is 70.6 Å². The van der Waals surface area contributed by atoms with E-state index in [1.165, 1.54) is 31.3 Å². The van der Waals surface area contributed by atoms with Gasteiger partial charge in [-0.05, 0) is 43.4 Å². The van der Waals surface area contributed by atoms with Crippen molar-refractivity contribution in [3.05, 3.63) is 60.8 Å². The minimum atomic E-state index is -3.88. The Bertz CT molecular complexity index is 1120. The summed E-state index contributed by atoms with van der Waals surface area (Å²) in [6, 6.07) is 13.7. The van der Waals surface area contributed by atoms with Crippen LogP contribution in [0.3, 0.4) is 0 Å². The van der Waals surface area contributed by atoms with E-state index in [1.54, 1.807) is 24.4 Å². The normalized spacial score (nSPS) is 12.2. The molecule has 0 aliphatic carbocycles. The van der Waals surface area contributed by atoms with E-state index >= 15 is 0 Å². The second-order valence-electron chi connectivity index (χ2n) is 5.17. The van der Waals surface area contributed by atoms with E-state index in [2.05, 4.69) is 14.4 Å². The lowest BCUT2D eigenvalue weighted by atomic mass is 10.2. The van der Waals surface area contributed by atoms with Crippen LogP contribution >= 0.6 is 0 Å². The number of hydrogen-bond acceptors (Lipinski definition) is 5. The van der Waals surface area contributed by atoms with Gasteiger partial charge < -0.3 is 0 Å². The molecule has 1 aromatic heterocycles. The monoisotopic (exact) mass is 377 g/mol. The van der Waals surface area contributed by atoms with Gasteiger partial charge in [-0.25, -0.2) is 21.6 Å². The van der Waals surface area contributed by atoms with Crippen LogP contribution in [0.25, 0.3) is 10.9 Å². The van der Waals surface area contributed by atoms with Crippen molar-refractivity contribution >= 4 is 36.6 Å². The Morgan fingerprint density at radius 2 is 1.40 bits per heavy atom. The fraction of sp³-hybridized carbons (Fsp3) is 0.0625. The number of hydrogen-bond donors (Lipinski definition) is 2. The molecule has 0 saturated heterocycles. The zero-order valence-corrected chi connectivity index (χ0v) is 14.8. The van der Waals surface area contributed by atoms with E-state index < -0.39 is 20.0 Å². The molecule has 0 bridgehead atoms. The molecule has 3 rings (SSSR count). The SMILES string of the molecule is CNS(=O)(=O)c1ccc(S(=O)(=O)Nc2cccc3cccnc23)cc1. The van der Waals surface area contributed by atoms with E-state index in [1.807, 2.05) is 12.1 Å². The summed E-state index contributed by atoms with van der Waals surface area (Å²) in [6.45, 7) is 0. The van der Waals surface area contributed by atoms with Gasteiger partial charge in [-0.3, -0.25) is 9.71 Å². The van der Waals surface area contributed by atoms with Gasteiger partial charge in [-0.2, -0.15) is 0 Å². The Hall–Kier alpha value is -2.49. The fourth-order valence-corrected chi connectivity index (χ4v) is 4.10. The molecule has 0 atom stereocenters. The maximum Gasteiger partial charge on any atom is 0.261 e. The maximum absolute atomic E-state index is 12.6. The van der Waals surface area contributed by atoms with Crippen molar-refractivity contribution in [1.29, 1.82) is 0 Å². The van der Waals surface area contributed by atoms with Gasteiger partial charge >= 0.3 is 0 Å². The minimum absolute atomic E-state index is 0.0132. The highest BCUT2D eigenvalue weighted by Crippen LogP contribution is 2.24. The second kappa shape index (κ2) is 6.43. The first-order valence-electron chi connectivity index (χ1n) is 7.24. The number of para-hydroxylation sites is 1. The summed E-state index contributed by atoms with van der Waals surface area (Å²) in [7, 11) is -6.22. The summed E-state index contributed by atoms with van der Waals surface area (Å²) in [6.07, 6.45) is 1.58. The lowest BCUT2D eigenvalue weighted by molar-refractivity contribution is 0.587. The summed E-state index contributed by atoms with van der Waals surface area (Å²) in [5.74, 6) is 0. The highest BCUT2D eigenvalue weighted by Gasteiger charge is 2.18. The van der Waals surface area contributed by atoms with Crippen LogP contribution < -0.4 is 9.44 Å². The van der Waals surface area contributed by atoms with E-state index in [4.69, 9.17) is 0 Å². The number of nitrogens with zero attached hydrogens (tertiary/aromatic N) is 1. The highest BCUT2D eigenvalue weighted by atomic mass is 32.2. The first-order valence-corrected chi connectivity index (χ1v) is 10.2. The third kappa shape index (κ3) is 3.48. The summed E-state index contributed by atoms with van der Waals surface area (Å²) >= 11 is 0. The Labute approximate surface area is 145 Å².